The van der Waals surface area contributed by atoms with Gasteiger partial charge in [-0.2, -0.15) is 0 Å². The molecular weight excluding hydrogens is 228 g/mol. The van der Waals surface area contributed by atoms with Crippen molar-refractivity contribution in [1.29, 1.82) is 0 Å². The van der Waals surface area contributed by atoms with Gasteiger partial charge in [0.05, 0.1) is 6.10 Å². The molecule has 0 radical (unpaired) electrons. The summed E-state index contributed by atoms with van der Waals surface area (Å²) >= 11 is 1.92. The van der Waals surface area contributed by atoms with Crippen LogP contribution in [0.1, 0.15) is 33.1 Å². The molecule has 0 aliphatic heterocycles. The summed E-state index contributed by atoms with van der Waals surface area (Å²) in [7, 11) is 0. The van der Waals surface area contributed by atoms with Gasteiger partial charge in [0.2, 0.25) is 0 Å². The van der Waals surface area contributed by atoms with Gasteiger partial charge in [-0.15, -0.1) is 11.8 Å². The summed E-state index contributed by atoms with van der Waals surface area (Å²) in [4.78, 5) is 1.33. The molecule has 1 aromatic carbocycles. The standard InChI is InChI=1S/C15H22OS/c1-12-8-13(16)10-15(2,9-12)11-17-14-6-4-3-5-7-14/h3-7,12-13,16H,8-11H2,1-2H3/t12-,13-,15+/m0/s1. The fourth-order valence-electron chi connectivity index (χ4n) is 3.02. The second-order valence-electron chi connectivity index (χ2n) is 5.82. The third-order valence-electron chi connectivity index (χ3n) is 3.57. The van der Waals surface area contributed by atoms with E-state index in [9.17, 15) is 5.11 Å². The van der Waals surface area contributed by atoms with Gasteiger partial charge in [-0.25, -0.2) is 0 Å². The fraction of sp³-hybridized carbons (Fsp3) is 0.600. The molecule has 2 heteroatoms. The number of hydrogen-bond acceptors (Lipinski definition) is 2. The average Bonchev–Trinajstić information content (AvgIpc) is 2.26. The predicted octanol–water partition coefficient (Wildman–Crippen LogP) is 3.97. The lowest BCUT2D eigenvalue weighted by atomic mass is 9.71. The van der Waals surface area contributed by atoms with Crippen molar-refractivity contribution in [3.05, 3.63) is 30.3 Å². The molecule has 94 valence electrons. The molecule has 3 atom stereocenters. The second-order valence-corrected chi connectivity index (χ2v) is 6.86. The number of rotatable bonds is 3. The molecule has 1 aliphatic carbocycles. The summed E-state index contributed by atoms with van der Waals surface area (Å²) in [6.45, 7) is 4.58. The Bertz CT molecular complexity index is 339. The predicted molar refractivity (Wildman–Crippen MR) is 74.3 cm³/mol. The van der Waals surface area contributed by atoms with Crippen LogP contribution in [0.5, 0.6) is 0 Å². The van der Waals surface area contributed by atoms with Crippen molar-refractivity contribution in [3.63, 3.8) is 0 Å². The molecule has 0 bridgehead atoms. The molecule has 1 aromatic rings. The van der Waals surface area contributed by atoms with Crippen molar-refractivity contribution in [1.82, 2.24) is 0 Å². The van der Waals surface area contributed by atoms with Gasteiger partial charge >= 0.3 is 0 Å². The van der Waals surface area contributed by atoms with E-state index in [2.05, 4.69) is 44.2 Å². The monoisotopic (exact) mass is 250 g/mol. The third-order valence-corrected chi connectivity index (χ3v) is 5.02. The zero-order chi connectivity index (χ0) is 12.3. The molecule has 2 rings (SSSR count). The van der Waals surface area contributed by atoms with Gasteiger partial charge in [0.15, 0.2) is 0 Å². The molecule has 1 fully saturated rings. The van der Waals surface area contributed by atoms with Crippen LogP contribution in [0.3, 0.4) is 0 Å². The van der Waals surface area contributed by atoms with Gasteiger partial charge in [-0.05, 0) is 42.7 Å². The number of aliphatic hydroxyl groups is 1. The highest BCUT2D eigenvalue weighted by atomic mass is 32.2. The normalized spacial score (nSPS) is 33.6. The van der Waals surface area contributed by atoms with Crippen LogP contribution in [-0.4, -0.2) is 17.0 Å². The van der Waals surface area contributed by atoms with E-state index in [0.29, 0.717) is 5.92 Å². The van der Waals surface area contributed by atoms with E-state index in [4.69, 9.17) is 0 Å². The molecule has 0 saturated heterocycles. The lowest BCUT2D eigenvalue weighted by molar-refractivity contribution is 0.0417. The van der Waals surface area contributed by atoms with Gasteiger partial charge < -0.3 is 5.11 Å². The number of aliphatic hydroxyl groups excluding tert-OH is 1. The highest BCUT2D eigenvalue weighted by molar-refractivity contribution is 7.99. The van der Waals surface area contributed by atoms with Gasteiger partial charge in [0.1, 0.15) is 0 Å². The maximum absolute atomic E-state index is 9.90. The molecular formula is C15H22OS. The first kappa shape index (κ1) is 13.0. The largest absolute Gasteiger partial charge is 0.393 e. The summed E-state index contributed by atoms with van der Waals surface area (Å²) in [5.41, 5.74) is 0.289. The minimum absolute atomic E-state index is 0.0971. The first-order valence-electron chi connectivity index (χ1n) is 6.43. The smallest absolute Gasteiger partial charge is 0.0548 e. The Balaban J connectivity index is 1.93. The molecule has 1 aliphatic rings. The summed E-state index contributed by atoms with van der Waals surface area (Å²) in [6.07, 6.45) is 3.08. The number of benzene rings is 1. The van der Waals surface area contributed by atoms with Crippen LogP contribution in [-0.2, 0) is 0 Å². The van der Waals surface area contributed by atoms with Crippen molar-refractivity contribution in [2.24, 2.45) is 11.3 Å². The Labute approximate surface area is 109 Å². The maximum Gasteiger partial charge on any atom is 0.0548 e. The topological polar surface area (TPSA) is 20.2 Å². The van der Waals surface area contributed by atoms with Crippen LogP contribution in [0.2, 0.25) is 0 Å². The summed E-state index contributed by atoms with van der Waals surface area (Å²) in [5.74, 6) is 1.76. The van der Waals surface area contributed by atoms with Crippen LogP contribution in [0, 0.1) is 11.3 Å². The van der Waals surface area contributed by atoms with Gasteiger partial charge in [-0.1, -0.05) is 32.0 Å². The number of thioether (sulfide) groups is 1. The molecule has 17 heavy (non-hydrogen) atoms. The second kappa shape index (κ2) is 5.45. The number of hydrogen-bond donors (Lipinski definition) is 1. The molecule has 0 aromatic heterocycles. The van der Waals surface area contributed by atoms with Crippen LogP contribution in [0.25, 0.3) is 0 Å². The minimum atomic E-state index is -0.0971. The van der Waals surface area contributed by atoms with Gasteiger partial charge in [0, 0.05) is 10.6 Å². The zero-order valence-corrected chi connectivity index (χ0v) is 11.5. The van der Waals surface area contributed by atoms with E-state index >= 15 is 0 Å². The summed E-state index contributed by atoms with van der Waals surface area (Å²) in [5, 5.41) is 9.90. The highest BCUT2D eigenvalue weighted by Crippen LogP contribution is 2.42. The van der Waals surface area contributed by atoms with Crippen molar-refractivity contribution in [2.45, 2.75) is 44.1 Å². The first-order valence-corrected chi connectivity index (χ1v) is 7.42. The SMILES string of the molecule is C[C@H]1C[C@H](O)C[C@](C)(CSc2ccccc2)C1. The quantitative estimate of drug-likeness (QED) is 0.819. The van der Waals surface area contributed by atoms with Gasteiger partial charge in [-0.3, -0.25) is 0 Å². The van der Waals surface area contributed by atoms with Crippen molar-refractivity contribution < 1.29 is 5.11 Å². The lowest BCUT2D eigenvalue weighted by Gasteiger charge is -2.39. The fourth-order valence-corrected chi connectivity index (χ4v) is 4.12. The van der Waals surface area contributed by atoms with E-state index < -0.39 is 0 Å². The minimum Gasteiger partial charge on any atom is -0.393 e. The van der Waals surface area contributed by atoms with E-state index in [1.165, 1.54) is 11.3 Å². The first-order chi connectivity index (χ1) is 8.07. The molecule has 0 spiro atoms. The molecule has 0 heterocycles. The molecule has 1 saturated carbocycles. The van der Waals surface area contributed by atoms with Gasteiger partial charge in [0.25, 0.3) is 0 Å². The molecule has 1 N–H and O–H groups in total. The van der Waals surface area contributed by atoms with Crippen LogP contribution in [0.15, 0.2) is 35.2 Å². The Kier molecular flexibility index (Phi) is 4.16. The van der Waals surface area contributed by atoms with Crippen molar-refractivity contribution in [3.8, 4) is 0 Å². The average molecular weight is 250 g/mol. The summed E-state index contributed by atoms with van der Waals surface area (Å²) < 4.78 is 0. The lowest BCUT2D eigenvalue weighted by Crippen LogP contribution is -2.34. The Morgan fingerprint density at radius 1 is 1.29 bits per heavy atom. The Morgan fingerprint density at radius 2 is 2.00 bits per heavy atom. The van der Waals surface area contributed by atoms with E-state index in [1.807, 2.05) is 11.8 Å². The molecule has 0 unspecified atom stereocenters. The third kappa shape index (κ3) is 3.75. The van der Waals surface area contributed by atoms with Crippen LogP contribution < -0.4 is 0 Å². The maximum atomic E-state index is 9.90. The van der Waals surface area contributed by atoms with Crippen molar-refractivity contribution >= 4 is 11.8 Å². The van der Waals surface area contributed by atoms with Crippen LogP contribution >= 0.6 is 11.8 Å². The van der Waals surface area contributed by atoms with Crippen LogP contribution in [0.4, 0.5) is 0 Å². The van der Waals surface area contributed by atoms with E-state index in [1.54, 1.807) is 0 Å². The van der Waals surface area contributed by atoms with Crippen molar-refractivity contribution in [2.75, 3.05) is 5.75 Å². The highest BCUT2D eigenvalue weighted by Gasteiger charge is 2.34. The Hall–Kier alpha value is -0.470. The summed E-state index contributed by atoms with van der Waals surface area (Å²) in [6, 6.07) is 10.6. The van der Waals surface area contributed by atoms with E-state index in [-0.39, 0.29) is 11.5 Å². The zero-order valence-electron chi connectivity index (χ0n) is 10.7. The van der Waals surface area contributed by atoms with E-state index in [0.717, 1.165) is 18.6 Å². The Morgan fingerprint density at radius 3 is 2.65 bits per heavy atom. The molecule has 0 amide bonds. The molecule has 1 nitrogen and oxygen atoms in total.